The summed E-state index contributed by atoms with van der Waals surface area (Å²) in [5, 5.41) is 4.17. The number of aromatic nitrogens is 2. The zero-order valence-corrected chi connectivity index (χ0v) is 10.7. The lowest BCUT2D eigenvalue weighted by atomic mass is 10.3. The number of para-hydroxylation sites is 1. The highest BCUT2D eigenvalue weighted by Gasteiger charge is 2.10. The van der Waals surface area contributed by atoms with Gasteiger partial charge in [0.05, 0.1) is 6.20 Å². The summed E-state index contributed by atoms with van der Waals surface area (Å²) in [7, 11) is 1.80. The van der Waals surface area contributed by atoms with E-state index in [4.69, 9.17) is 0 Å². The molecule has 0 radical (unpaired) electrons. The Bertz CT molecular complexity index is 519. The van der Waals surface area contributed by atoms with Gasteiger partial charge in [-0.1, -0.05) is 18.2 Å². The lowest BCUT2D eigenvalue weighted by molar-refractivity contribution is -0.118. The molecule has 0 bridgehead atoms. The molecule has 0 atom stereocenters. The van der Waals surface area contributed by atoms with E-state index >= 15 is 0 Å². The van der Waals surface area contributed by atoms with Gasteiger partial charge in [0.1, 0.15) is 0 Å². The largest absolute Gasteiger partial charge is 0.315 e. The average molecular weight is 243 g/mol. The number of anilines is 1. The molecule has 0 aliphatic heterocycles. The van der Waals surface area contributed by atoms with Gasteiger partial charge in [0.15, 0.2) is 0 Å². The van der Waals surface area contributed by atoms with Crippen LogP contribution < -0.4 is 4.90 Å². The first-order chi connectivity index (χ1) is 8.66. The van der Waals surface area contributed by atoms with Crippen molar-refractivity contribution < 1.29 is 4.79 Å². The number of amides is 1. The number of carbonyl (C=O) groups is 1. The molecule has 94 valence electrons. The predicted octanol–water partition coefficient (Wildman–Crippen LogP) is 2.24. The van der Waals surface area contributed by atoms with Gasteiger partial charge in [0, 0.05) is 31.9 Å². The van der Waals surface area contributed by atoms with Crippen molar-refractivity contribution in [2.24, 2.45) is 0 Å². The summed E-state index contributed by atoms with van der Waals surface area (Å²) in [4.78, 5) is 13.7. The molecule has 18 heavy (non-hydrogen) atoms. The van der Waals surface area contributed by atoms with E-state index in [1.807, 2.05) is 43.5 Å². The minimum Gasteiger partial charge on any atom is -0.315 e. The first-order valence-corrected chi connectivity index (χ1v) is 5.97. The number of aryl methyl sites for hydroxylation is 2. The molecule has 0 unspecified atom stereocenters. The minimum absolute atomic E-state index is 0.0920. The smallest absolute Gasteiger partial charge is 0.228 e. The van der Waals surface area contributed by atoms with Crippen LogP contribution in [0.4, 0.5) is 5.69 Å². The highest BCUT2D eigenvalue weighted by molar-refractivity contribution is 5.92. The van der Waals surface area contributed by atoms with E-state index in [-0.39, 0.29) is 5.91 Å². The third kappa shape index (κ3) is 2.97. The van der Waals surface area contributed by atoms with Crippen molar-refractivity contribution in [2.45, 2.75) is 19.9 Å². The molecule has 4 nitrogen and oxygen atoms in total. The molecule has 4 heteroatoms. The minimum atomic E-state index is 0.0920. The van der Waals surface area contributed by atoms with Crippen LogP contribution in [0.2, 0.25) is 0 Å². The first kappa shape index (κ1) is 12.4. The maximum absolute atomic E-state index is 12.0. The normalized spacial score (nSPS) is 10.3. The van der Waals surface area contributed by atoms with Crippen LogP contribution in [0.3, 0.4) is 0 Å². The molecule has 1 aromatic carbocycles. The summed E-state index contributed by atoms with van der Waals surface area (Å²) in [6.07, 6.45) is 4.19. The first-order valence-electron chi connectivity index (χ1n) is 5.97. The molecule has 0 N–H and O–H groups in total. The fraction of sp³-hybridized carbons (Fsp3) is 0.286. The molecule has 0 aliphatic carbocycles. The Kier molecular flexibility index (Phi) is 3.77. The fourth-order valence-electron chi connectivity index (χ4n) is 1.76. The molecule has 1 aromatic heterocycles. The SMILES string of the molecule is Cc1cnn(CCC(=O)N(C)c2ccccc2)c1. The molecule has 0 fully saturated rings. The van der Waals surface area contributed by atoms with Crippen molar-refractivity contribution in [2.75, 3.05) is 11.9 Å². The average Bonchev–Trinajstić information content (AvgIpc) is 2.82. The number of hydrogen-bond acceptors (Lipinski definition) is 2. The van der Waals surface area contributed by atoms with Gasteiger partial charge >= 0.3 is 0 Å². The molecule has 0 aliphatic rings. The van der Waals surface area contributed by atoms with Crippen LogP contribution in [0, 0.1) is 6.92 Å². The Balaban J connectivity index is 1.92. The number of nitrogens with zero attached hydrogens (tertiary/aromatic N) is 3. The van der Waals surface area contributed by atoms with E-state index in [1.54, 1.807) is 22.8 Å². The van der Waals surface area contributed by atoms with Gasteiger partial charge in [-0.05, 0) is 24.6 Å². The Morgan fingerprint density at radius 3 is 2.67 bits per heavy atom. The van der Waals surface area contributed by atoms with Gasteiger partial charge in [-0.15, -0.1) is 0 Å². The van der Waals surface area contributed by atoms with Gasteiger partial charge < -0.3 is 4.90 Å². The van der Waals surface area contributed by atoms with Gasteiger partial charge in [0.2, 0.25) is 5.91 Å². The lowest BCUT2D eigenvalue weighted by Gasteiger charge is -2.17. The summed E-state index contributed by atoms with van der Waals surface area (Å²) in [6.45, 7) is 2.60. The number of carbonyl (C=O) groups excluding carboxylic acids is 1. The van der Waals surface area contributed by atoms with Gasteiger partial charge in [0.25, 0.3) is 0 Å². The van der Waals surface area contributed by atoms with Crippen molar-refractivity contribution in [3.63, 3.8) is 0 Å². The third-order valence-electron chi connectivity index (χ3n) is 2.83. The standard InChI is InChI=1S/C14H17N3O/c1-12-10-15-17(11-12)9-8-14(18)16(2)13-6-4-3-5-7-13/h3-7,10-11H,8-9H2,1-2H3. The van der Waals surface area contributed by atoms with Gasteiger partial charge in [-0.2, -0.15) is 5.10 Å². The van der Waals surface area contributed by atoms with Crippen LogP contribution in [0.15, 0.2) is 42.7 Å². The summed E-state index contributed by atoms with van der Waals surface area (Å²) in [6, 6.07) is 9.65. The van der Waals surface area contributed by atoms with Crippen LogP contribution in [0.1, 0.15) is 12.0 Å². The zero-order valence-electron chi connectivity index (χ0n) is 10.7. The molecular weight excluding hydrogens is 226 g/mol. The van der Waals surface area contributed by atoms with E-state index in [9.17, 15) is 4.79 Å². The van der Waals surface area contributed by atoms with Crippen molar-refractivity contribution in [3.8, 4) is 0 Å². The van der Waals surface area contributed by atoms with Crippen LogP contribution in [-0.2, 0) is 11.3 Å². The summed E-state index contributed by atoms with van der Waals surface area (Å²) >= 11 is 0. The molecular formula is C14H17N3O. The van der Waals surface area contributed by atoms with Crippen molar-refractivity contribution in [1.82, 2.24) is 9.78 Å². The zero-order chi connectivity index (χ0) is 13.0. The fourth-order valence-corrected chi connectivity index (χ4v) is 1.76. The van der Waals surface area contributed by atoms with E-state index < -0.39 is 0 Å². The predicted molar refractivity (Wildman–Crippen MR) is 71.4 cm³/mol. The van der Waals surface area contributed by atoms with E-state index in [1.165, 1.54) is 0 Å². The molecule has 0 saturated heterocycles. The van der Waals surface area contributed by atoms with Gasteiger partial charge in [-0.25, -0.2) is 0 Å². The highest BCUT2D eigenvalue weighted by atomic mass is 16.2. The summed E-state index contributed by atoms with van der Waals surface area (Å²) in [5.74, 6) is 0.0920. The second-order valence-corrected chi connectivity index (χ2v) is 4.32. The van der Waals surface area contributed by atoms with E-state index in [0.717, 1.165) is 11.3 Å². The molecule has 0 saturated carbocycles. The highest BCUT2D eigenvalue weighted by Crippen LogP contribution is 2.12. The third-order valence-corrected chi connectivity index (χ3v) is 2.83. The van der Waals surface area contributed by atoms with Crippen LogP contribution in [0.25, 0.3) is 0 Å². The van der Waals surface area contributed by atoms with Crippen LogP contribution in [-0.4, -0.2) is 22.7 Å². The summed E-state index contributed by atoms with van der Waals surface area (Å²) < 4.78 is 1.80. The Labute approximate surface area is 107 Å². The van der Waals surface area contributed by atoms with Crippen LogP contribution in [0.5, 0.6) is 0 Å². The summed E-state index contributed by atoms with van der Waals surface area (Å²) in [5.41, 5.74) is 2.03. The number of benzene rings is 1. The molecule has 1 heterocycles. The maximum Gasteiger partial charge on any atom is 0.228 e. The number of rotatable bonds is 4. The molecule has 1 amide bonds. The van der Waals surface area contributed by atoms with E-state index in [2.05, 4.69) is 5.10 Å². The van der Waals surface area contributed by atoms with Crippen LogP contribution >= 0.6 is 0 Å². The van der Waals surface area contributed by atoms with E-state index in [0.29, 0.717) is 13.0 Å². The monoisotopic (exact) mass is 243 g/mol. The van der Waals surface area contributed by atoms with Gasteiger partial charge in [-0.3, -0.25) is 9.48 Å². The topological polar surface area (TPSA) is 38.1 Å². The quantitative estimate of drug-likeness (QED) is 0.826. The Morgan fingerprint density at radius 2 is 2.06 bits per heavy atom. The lowest BCUT2D eigenvalue weighted by Crippen LogP contribution is -2.27. The van der Waals surface area contributed by atoms with Crippen molar-refractivity contribution >= 4 is 11.6 Å². The number of hydrogen-bond donors (Lipinski definition) is 0. The Morgan fingerprint density at radius 1 is 1.33 bits per heavy atom. The molecule has 2 rings (SSSR count). The second-order valence-electron chi connectivity index (χ2n) is 4.32. The molecule has 2 aromatic rings. The maximum atomic E-state index is 12.0. The van der Waals surface area contributed by atoms with Crippen molar-refractivity contribution in [1.29, 1.82) is 0 Å². The van der Waals surface area contributed by atoms with Crippen molar-refractivity contribution in [3.05, 3.63) is 48.3 Å². The Hall–Kier alpha value is -2.10. The molecule has 0 spiro atoms. The second kappa shape index (κ2) is 5.49.